The van der Waals surface area contributed by atoms with Crippen LogP contribution < -0.4 is 16.0 Å². The van der Waals surface area contributed by atoms with Crippen molar-refractivity contribution in [2.24, 2.45) is 4.99 Å². The van der Waals surface area contributed by atoms with Crippen LogP contribution in [-0.4, -0.2) is 21.6 Å². The van der Waals surface area contributed by atoms with Crippen molar-refractivity contribution < 1.29 is 14.7 Å². The lowest BCUT2D eigenvalue weighted by Crippen LogP contribution is -2.24. The molecule has 1 aliphatic heterocycles. The molecule has 8 heteroatoms. The zero-order chi connectivity index (χ0) is 20.0. The minimum atomic E-state index is -0.441. The number of rotatable bonds is 3. The van der Waals surface area contributed by atoms with E-state index in [9.17, 15) is 14.7 Å². The number of aromatic nitrogens is 1. The Morgan fingerprint density at radius 3 is 2.54 bits per heavy atom. The first kappa shape index (κ1) is 18.3. The Labute approximate surface area is 169 Å². The van der Waals surface area contributed by atoms with Gasteiger partial charge in [0.1, 0.15) is 4.88 Å². The number of fused-ring (bicyclic) bond motifs is 1. The second-order valence-corrected chi connectivity index (χ2v) is 8.12. The van der Waals surface area contributed by atoms with Crippen LogP contribution in [0.2, 0.25) is 0 Å². The third-order valence-electron chi connectivity index (χ3n) is 4.40. The number of nitrogens with one attached hydrogen (secondary N) is 1. The highest BCUT2D eigenvalue weighted by Gasteiger charge is 2.26. The molecule has 0 spiro atoms. The van der Waals surface area contributed by atoms with Crippen molar-refractivity contribution in [1.82, 2.24) is 4.68 Å². The van der Waals surface area contributed by atoms with E-state index in [0.717, 1.165) is 27.1 Å². The van der Waals surface area contributed by atoms with Gasteiger partial charge in [0.2, 0.25) is 5.88 Å². The zero-order valence-electron chi connectivity index (χ0n) is 15.0. The van der Waals surface area contributed by atoms with Crippen LogP contribution in [0.3, 0.4) is 0 Å². The molecule has 6 nitrogen and oxygen atoms in total. The first-order valence-electron chi connectivity index (χ1n) is 8.42. The van der Waals surface area contributed by atoms with Gasteiger partial charge in [0, 0.05) is 10.8 Å². The molecule has 0 saturated carbocycles. The van der Waals surface area contributed by atoms with E-state index >= 15 is 0 Å². The van der Waals surface area contributed by atoms with Crippen molar-refractivity contribution in [1.29, 1.82) is 0 Å². The number of hydrogen-bond acceptors (Lipinski definition) is 5. The molecule has 2 aromatic carbocycles. The Kier molecular flexibility index (Phi) is 4.44. The number of nitrogens with zero attached hydrogens (tertiary/aromatic N) is 2. The molecule has 140 valence electrons. The van der Waals surface area contributed by atoms with Gasteiger partial charge < -0.3 is 5.11 Å². The molecular weight excluding hydrogens is 394 g/mol. The molecule has 4 rings (SSSR count). The minimum absolute atomic E-state index is 0.217. The second-order valence-electron chi connectivity index (χ2n) is 6.48. The molecule has 2 N–H and O–H groups in total. The van der Waals surface area contributed by atoms with Gasteiger partial charge in [0.25, 0.3) is 11.8 Å². The third-order valence-corrected chi connectivity index (χ3v) is 5.78. The Hall–Kier alpha value is -3.10. The van der Waals surface area contributed by atoms with Crippen molar-refractivity contribution in [3.05, 3.63) is 78.6 Å². The molecule has 0 saturated heterocycles. The van der Waals surface area contributed by atoms with Crippen molar-refractivity contribution >= 4 is 40.9 Å². The van der Waals surface area contributed by atoms with E-state index in [0.29, 0.717) is 16.1 Å². The van der Waals surface area contributed by atoms with Crippen LogP contribution in [0.1, 0.15) is 26.4 Å². The summed E-state index contributed by atoms with van der Waals surface area (Å²) in [6, 6.07) is 12.5. The van der Waals surface area contributed by atoms with Gasteiger partial charge in [0.05, 0.1) is 10.9 Å². The van der Waals surface area contributed by atoms with Gasteiger partial charge >= 0.3 is 0 Å². The molecule has 0 atom stereocenters. The van der Waals surface area contributed by atoms with Crippen LogP contribution in [0.25, 0.3) is 5.57 Å². The largest absolute Gasteiger partial charge is 0.492 e. The van der Waals surface area contributed by atoms with Crippen molar-refractivity contribution in [3.63, 3.8) is 0 Å². The summed E-state index contributed by atoms with van der Waals surface area (Å²) in [6.45, 7) is 3.84. The summed E-state index contributed by atoms with van der Waals surface area (Å²) in [4.78, 5) is 29.3. The number of hydrogen-bond donors (Lipinski definition) is 2. The fourth-order valence-corrected chi connectivity index (χ4v) is 4.21. The zero-order valence-corrected chi connectivity index (χ0v) is 16.6. The monoisotopic (exact) mass is 409 g/mol. The summed E-state index contributed by atoms with van der Waals surface area (Å²) in [6.07, 6.45) is 0. The van der Waals surface area contributed by atoms with E-state index in [1.807, 2.05) is 38.1 Å². The molecule has 2 heterocycles. The number of amides is 2. The molecule has 1 aliphatic rings. The first-order chi connectivity index (χ1) is 13.3. The molecule has 0 unspecified atom stereocenters. The average molecular weight is 409 g/mol. The molecule has 2 amide bonds. The highest BCUT2D eigenvalue weighted by molar-refractivity contribution is 7.73. The maximum absolute atomic E-state index is 12.5. The van der Waals surface area contributed by atoms with Crippen LogP contribution in [0.5, 0.6) is 5.88 Å². The fourth-order valence-electron chi connectivity index (χ4n) is 2.95. The van der Waals surface area contributed by atoms with Crippen molar-refractivity contribution in [2.45, 2.75) is 13.8 Å². The number of carbonyl (C=O) groups is 2. The van der Waals surface area contributed by atoms with Gasteiger partial charge in [-0.1, -0.05) is 40.7 Å². The summed E-state index contributed by atoms with van der Waals surface area (Å²) >= 11 is 6.35. The second kappa shape index (κ2) is 6.81. The highest BCUT2D eigenvalue weighted by Crippen LogP contribution is 2.31. The van der Waals surface area contributed by atoms with Crippen LogP contribution in [-0.2, 0) is 4.79 Å². The lowest BCUT2D eigenvalue weighted by molar-refractivity contribution is -0.112. The summed E-state index contributed by atoms with van der Waals surface area (Å²) in [5.41, 5.74) is 5.30. The van der Waals surface area contributed by atoms with E-state index in [1.165, 1.54) is 0 Å². The number of benzene rings is 2. The summed E-state index contributed by atoms with van der Waals surface area (Å²) in [5.74, 6) is -1.15. The Morgan fingerprint density at radius 1 is 1.14 bits per heavy atom. The van der Waals surface area contributed by atoms with Crippen LogP contribution in [0, 0.1) is 17.8 Å². The summed E-state index contributed by atoms with van der Waals surface area (Å²) < 4.78 is 1.33. The van der Waals surface area contributed by atoms with Crippen LogP contribution in [0.4, 0.5) is 0 Å². The predicted molar refractivity (Wildman–Crippen MR) is 109 cm³/mol. The molecule has 0 radical (unpaired) electrons. The van der Waals surface area contributed by atoms with Gasteiger partial charge in [-0.05, 0) is 50.3 Å². The molecule has 28 heavy (non-hydrogen) atoms. The normalized spacial score (nSPS) is 12.6. The summed E-state index contributed by atoms with van der Waals surface area (Å²) in [7, 11) is 0. The maximum Gasteiger partial charge on any atom is 0.279 e. The Balaban J connectivity index is 1.79. The van der Waals surface area contributed by atoms with Gasteiger partial charge in [-0.3, -0.25) is 15.0 Å². The molecular formula is C20H15N3O3S2. The lowest BCUT2D eigenvalue weighted by Gasteiger charge is -2.08. The number of aromatic hydroxyl groups is 1. The number of aryl methyl sites for hydroxylation is 2. The highest BCUT2D eigenvalue weighted by atomic mass is 32.1. The van der Waals surface area contributed by atoms with Gasteiger partial charge in [0.15, 0.2) is 3.95 Å². The van der Waals surface area contributed by atoms with E-state index < -0.39 is 11.8 Å². The van der Waals surface area contributed by atoms with E-state index in [2.05, 4.69) is 10.4 Å². The Morgan fingerprint density at radius 2 is 1.82 bits per heavy atom. The molecule has 0 fully saturated rings. The smallest absolute Gasteiger partial charge is 0.279 e. The molecule has 0 bridgehead atoms. The van der Waals surface area contributed by atoms with Gasteiger partial charge in [-0.2, -0.15) is 4.68 Å². The van der Waals surface area contributed by atoms with E-state index in [4.69, 9.17) is 12.2 Å². The lowest BCUT2D eigenvalue weighted by atomic mass is 10.1. The standard InChI is InChI=1S/C20H15N3O3S2/c1-10-3-6-12(7-4-10)17(24)22-23-19(26)16(28-20(23)27)15-13-9-11(2)5-8-14(13)21-18(15)25/h3-9,26H,1-2H3,(H,22,24). The quantitative estimate of drug-likeness (QED) is 0.651. The maximum atomic E-state index is 12.5. The third kappa shape index (κ3) is 3.06. The predicted octanol–water partition coefficient (Wildman–Crippen LogP) is 2.34. The number of carbonyl (C=O) groups excluding carboxylic acids is 2. The van der Waals surface area contributed by atoms with E-state index in [1.54, 1.807) is 18.2 Å². The summed E-state index contributed by atoms with van der Waals surface area (Å²) in [5, 5.41) is 11.9. The average Bonchev–Trinajstić information content (AvgIpc) is 3.11. The van der Waals surface area contributed by atoms with Crippen LogP contribution >= 0.6 is 23.6 Å². The molecule has 3 aromatic rings. The van der Waals surface area contributed by atoms with Crippen molar-refractivity contribution in [2.75, 3.05) is 5.43 Å². The molecule has 0 aliphatic carbocycles. The molecule has 1 aromatic heterocycles. The van der Waals surface area contributed by atoms with Gasteiger partial charge in [-0.15, -0.1) is 0 Å². The number of thiazole rings is 1. The van der Waals surface area contributed by atoms with Crippen LogP contribution in [0.15, 0.2) is 47.5 Å². The van der Waals surface area contributed by atoms with Gasteiger partial charge in [-0.25, -0.2) is 4.99 Å². The van der Waals surface area contributed by atoms with E-state index in [-0.39, 0.29) is 20.3 Å². The van der Waals surface area contributed by atoms with Crippen molar-refractivity contribution in [3.8, 4) is 5.88 Å². The SMILES string of the molecule is Cc1ccc(C(=O)Nn2c(O)c(C3=c4cc(C)ccc4=NC3=O)sc2=S)cc1. The topological polar surface area (TPSA) is 83.7 Å². The first-order valence-corrected chi connectivity index (χ1v) is 9.65. The minimum Gasteiger partial charge on any atom is -0.492 e. The fraction of sp³-hybridized carbons (Fsp3) is 0.100. The Bertz CT molecular complexity index is 1320.